The van der Waals surface area contributed by atoms with Crippen molar-refractivity contribution in [3.63, 3.8) is 0 Å². The van der Waals surface area contributed by atoms with E-state index in [1.807, 2.05) is 13.8 Å². The lowest BCUT2D eigenvalue weighted by molar-refractivity contribution is 0.0978. The number of hydrogen-bond acceptors (Lipinski definition) is 3. The van der Waals surface area contributed by atoms with Gasteiger partial charge in [0, 0.05) is 13.0 Å². The second kappa shape index (κ2) is 3.27. The Morgan fingerprint density at radius 2 is 2.36 bits per heavy atom. The molecule has 11 heavy (non-hydrogen) atoms. The van der Waals surface area contributed by atoms with Gasteiger partial charge in [0.25, 0.3) is 0 Å². The summed E-state index contributed by atoms with van der Waals surface area (Å²) in [7, 11) is 0. The molecular weight excluding hydrogens is 142 g/mol. The van der Waals surface area contributed by atoms with Gasteiger partial charge in [-0.25, -0.2) is 4.68 Å². The fourth-order valence-electron chi connectivity index (χ4n) is 0.888. The summed E-state index contributed by atoms with van der Waals surface area (Å²) in [5, 5.41) is 7.40. The minimum atomic E-state index is 0.0943. The van der Waals surface area contributed by atoms with Crippen LogP contribution >= 0.6 is 0 Å². The topological polar surface area (TPSA) is 47.8 Å². The average molecular weight is 153 g/mol. The molecule has 0 bridgehead atoms. The molecule has 0 N–H and O–H groups in total. The lowest BCUT2D eigenvalue weighted by Crippen LogP contribution is -2.08. The zero-order valence-electron chi connectivity index (χ0n) is 6.74. The normalized spacial score (nSPS) is 10.0. The number of aromatic nitrogens is 3. The zero-order valence-corrected chi connectivity index (χ0v) is 6.74. The predicted molar refractivity (Wildman–Crippen MR) is 40.3 cm³/mol. The third kappa shape index (κ3) is 1.45. The fourth-order valence-corrected chi connectivity index (χ4v) is 0.888. The quantitative estimate of drug-likeness (QED) is 0.606. The van der Waals surface area contributed by atoms with Gasteiger partial charge in [0.05, 0.1) is 6.20 Å². The van der Waals surface area contributed by atoms with Crippen LogP contribution < -0.4 is 0 Å². The van der Waals surface area contributed by atoms with E-state index >= 15 is 0 Å². The van der Waals surface area contributed by atoms with Crippen LogP contribution in [0, 0.1) is 0 Å². The molecule has 1 heterocycles. The molecule has 0 fully saturated rings. The summed E-state index contributed by atoms with van der Waals surface area (Å²) in [6, 6.07) is 0. The van der Waals surface area contributed by atoms with Crippen LogP contribution in [0.4, 0.5) is 0 Å². The Morgan fingerprint density at radius 1 is 1.64 bits per heavy atom. The summed E-state index contributed by atoms with van der Waals surface area (Å²) < 4.78 is 1.60. The molecule has 0 aliphatic carbocycles. The number of aryl methyl sites for hydroxylation is 1. The first-order valence-electron chi connectivity index (χ1n) is 3.71. The predicted octanol–water partition coefficient (Wildman–Crippen LogP) is 0.891. The van der Waals surface area contributed by atoms with Crippen molar-refractivity contribution in [3.05, 3.63) is 11.9 Å². The summed E-state index contributed by atoms with van der Waals surface area (Å²) in [5.41, 5.74) is 0.606. The molecule has 0 aliphatic heterocycles. The molecule has 1 rings (SSSR count). The average Bonchev–Trinajstić information content (AvgIpc) is 2.50. The van der Waals surface area contributed by atoms with E-state index < -0.39 is 0 Å². The van der Waals surface area contributed by atoms with Crippen molar-refractivity contribution in [2.45, 2.75) is 26.8 Å². The SMILES string of the molecule is CCC(=O)c1cnnn1CC. The summed E-state index contributed by atoms with van der Waals surface area (Å²) in [4.78, 5) is 11.2. The molecule has 1 aromatic rings. The van der Waals surface area contributed by atoms with Crippen molar-refractivity contribution < 1.29 is 4.79 Å². The fraction of sp³-hybridized carbons (Fsp3) is 0.571. The summed E-state index contributed by atoms with van der Waals surface area (Å²) >= 11 is 0. The molecule has 4 heteroatoms. The zero-order chi connectivity index (χ0) is 8.27. The van der Waals surface area contributed by atoms with E-state index in [4.69, 9.17) is 0 Å². The van der Waals surface area contributed by atoms with E-state index in [-0.39, 0.29) is 5.78 Å². The second-order valence-corrected chi connectivity index (χ2v) is 2.21. The lowest BCUT2D eigenvalue weighted by atomic mass is 10.2. The highest BCUT2D eigenvalue weighted by Gasteiger charge is 2.08. The van der Waals surface area contributed by atoms with Crippen molar-refractivity contribution in [1.29, 1.82) is 0 Å². The number of carbonyl (C=O) groups is 1. The molecule has 0 spiro atoms. The highest BCUT2D eigenvalue weighted by Crippen LogP contribution is 1.99. The summed E-state index contributed by atoms with van der Waals surface area (Å²) in [5.74, 6) is 0.0943. The molecule has 0 aliphatic rings. The van der Waals surface area contributed by atoms with Gasteiger partial charge in [-0.05, 0) is 6.92 Å². The molecule has 0 amide bonds. The Bertz CT molecular complexity index is 254. The van der Waals surface area contributed by atoms with Gasteiger partial charge < -0.3 is 0 Å². The number of Topliss-reactive ketones (excluding diaryl/α,β-unsaturated/α-hetero) is 1. The van der Waals surface area contributed by atoms with Crippen LogP contribution in [0.1, 0.15) is 30.8 Å². The molecular formula is C7H11N3O. The third-order valence-electron chi connectivity index (χ3n) is 1.52. The maximum Gasteiger partial charge on any atom is 0.182 e. The van der Waals surface area contributed by atoms with E-state index in [1.165, 1.54) is 6.20 Å². The Morgan fingerprint density at radius 3 is 2.91 bits per heavy atom. The van der Waals surface area contributed by atoms with Gasteiger partial charge in [-0.3, -0.25) is 4.79 Å². The number of nitrogens with zero attached hydrogens (tertiary/aromatic N) is 3. The van der Waals surface area contributed by atoms with E-state index in [0.29, 0.717) is 18.7 Å². The van der Waals surface area contributed by atoms with Crippen LogP contribution in [0.2, 0.25) is 0 Å². The molecule has 4 nitrogen and oxygen atoms in total. The first-order chi connectivity index (χ1) is 5.29. The third-order valence-corrected chi connectivity index (χ3v) is 1.52. The van der Waals surface area contributed by atoms with E-state index in [2.05, 4.69) is 10.3 Å². The molecule has 0 saturated carbocycles. The van der Waals surface area contributed by atoms with Gasteiger partial charge in [0.1, 0.15) is 5.69 Å². The van der Waals surface area contributed by atoms with Crippen LogP contribution in [-0.4, -0.2) is 20.8 Å². The van der Waals surface area contributed by atoms with Crippen molar-refractivity contribution >= 4 is 5.78 Å². The van der Waals surface area contributed by atoms with E-state index in [0.717, 1.165) is 0 Å². The Kier molecular flexibility index (Phi) is 2.36. The molecule has 0 atom stereocenters. The van der Waals surface area contributed by atoms with E-state index in [1.54, 1.807) is 4.68 Å². The second-order valence-electron chi connectivity index (χ2n) is 2.21. The van der Waals surface area contributed by atoms with Crippen molar-refractivity contribution in [2.24, 2.45) is 0 Å². The Hall–Kier alpha value is -1.19. The van der Waals surface area contributed by atoms with Gasteiger partial charge >= 0.3 is 0 Å². The van der Waals surface area contributed by atoms with Gasteiger partial charge in [0.2, 0.25) is 0 Å². The molecule has 1 aromatic heterocycles. The van der Waals surface area contributed by atoms with Gasteiger partial charge in [0.15, 0.2) is 5.78 Å². The Balaban J connectivity index is 2.92. The maximum absolute atomic E-state index is 11.2. The molecule has 0 aromatic carbocycles. The van der Waals surface area contributed by atoms with Gasteiger partial charge in [-0.15, -0.1) is 5.10 Å². The summed E-state index contributed by atoms with van der Waals surface area (Å²) in [6.07, 6.45) is 2.02. The maximum atomic E-state index is 11.2. The number of ketones is 1. The van der Waals surface area contributed by atoms with Crippen LogP contribution in [0.15, 0.2) is 6.20 Å². The largest absolute Gasteiger partial charge is 0.292 e. The van der Waals surface area contributed by atoms with Gasteiger partial charge in [-0.2, -0.15) is 0 Å². The number of hydrogen-bond donors (Lipinski definition) is 0. The van der Waals surface area contributed by atoms with Crippen LogP contribution in [0.5, 0.6) is 0 Å². The Labute approximate surface area is 65.2 Å². The minimum Gasteiger partial charge on any atom is -0.292 e. The van der Waals surface area contributed by atoms with Crippen molar-refractivity contribution in [3.8, 4) is 0 Å². The van der Waals surface area contributed by atoms with Crippen LogP contribution in [0.25, 0.3) is 0 Å². The molecule has 60 valence electrons. The molecule has 0 unspecified atom stereocenters. The van der Waals surface area contributed by atoms with E-state index in [9.17, 15) is 4.79 Å². The first-order valence-corrected chi connectivity index (χ1v) is 3.71. The minimum absolute atomic E-state index is 0.0943. The highest BCUT2D eigenvalue weighted by molar-refractivity contribution is 5.93. The highest BCUT2D eigenvalue weighted by atomic mass is 16.1. The molecule has 0 radical (unpaired) electrons. The van der Waals surface area contributed by atoms with Crippen molar-refractivity contribution in [1.82, 2.24) is 15.0 Å². The lowest BCUT2D eigenvalue weighted by Gasteiger charge is -1.98. The standard InChI is InChI=1S/C7H11N3O/c1-3-7(11)6-5-8-9-10(6)4-2/h5H,3-4H2,1-2H3. The van der Waals surface area contributed by atoms with Crippen LogP contribution in [-0.2, 0) is 6.54 Å². The van der Waals surface area contributed by atoms with Crippen molar-refractivity contribution in [2.75, 3.05) is 0 Å². The molecule has 0 saturated heterocycles. The summed E-state index contributed by atoms with van der Waals surface area (Å²) in [6.45, 7) is 4.46. The van der Waals surface area contributed by atoms with Gasteiger partial charge in [-0.1, -0.05) is 12.1 Å². The first kappa shape index (κ1) is 7.91. The monoisotopic (exact) mass is 153 g/mol. The number of carbonyl (C=O) groups excluding carboxylic acids is 1. The smallest absolute Gasteiger partial charge is 0.182 e. The number of rotatable bonds is 3. The van der Waals surface area contributed by atoms with Crippen LogP contribution in [0.3, 0.4) is 0 Å².